The summed E-state index contributed by atoms with van der Waals surface area (Å²) in [7, 11) is 0. The molecular weight excluding hydrogens is 432 g/mol. The van der Waals surface area contributed by atoms with Crippen LogP contribution in [0.5, 0.6) is 11.5 Å². The van der Waals surface area contributed by atoms with Crippen molar-refractivity contribution in [3.8, 4) is 11.5 Å². The third-order valence-electron chi connectivity index (χ3n) is 2.41. The molecule has 0 aliphatic carbocycles. The topological polar surface area (TPSA) is 35.2 Å². The van der Waals surface area contributed by atoms with Crippen LogP contribution < -0.4 is 10.5 Å². The Kier molecular flexibility index (Phi) is 5.01. The van der Waals surface area contributed by atoms with Gasteiger partial charge in [-0.3, -0.25) is 0 Å². The van der Waals surface area contributed by atoms with Crippen molar-refractivity contribution in [3.63, 3.8) is 0 Å². The molecule has 2 nitrogen and oxygen atoms in total. The summed E-state index contributed by atoms with van der Waals surface area (Å²) < 4.78 is 20.3. The molecule has 0 saturated heterocycles. The first-order chi connectivity index (χ1) is 9.38. The maximum atomic E-state index is 13.4. The predicted molar refractivity (Wildman–Crippen MR) is 89.2 cm³/mol. The first-order valence-corrected chi connectivity index (χ1v) is 7.67. The zero-order chi connectivity index (χ0) is 14.9. The SMILES string of the molecule is NC(=S)c1ccc(Oc2cc(F)c(Cl)cc2Br)cc1Br. The Morgan fingerprint density at radius 2 is 1.90 bits per heavy atom. The smallest absolute Gasteiger partial charge is 0.145 e. The molecule has 2 aromatic carbocycles. The summed E-state index contributed by atoms with van der Waals surface area (Å²) in [6.07, 6.45) is 0. The monoisotopic (exact) mass is 437 g/mol. The lowest BCUT2D eigenvalue weighted by molar-refractivity contribution is 0.473. The normalized spacial score (nSPS) is 10.4. The Balaban J connectivity index is 2.33. The summed E-state index contributed by atoms with van der Waals surface area (Å²) in [6, 6.07) is 7.76. The molecule has 0 aromatic heterocycles. The standard InChI is InChI=1S/C13H7Br2ClFNOS/c14-8-3-6(1-2-7(8)13(18)20)19-12-5-11(17)10(16)4-9(12)15/h1-5H,(H2,18,20). The molecule has 0 fully saturated rings. The Bertz CT molecular complexity index is 696. The average Bonchev–Trinajstić information content (AvgIpc) is 2.35. The maximum absolute atomic E-state index is 13.4. The summed E-state index contributed by atoms with van der Waals surface area (Å²) in [6.45, 7) is 0. The highest BCUT2D eigenvalue weighted by molar-refractivity contribution is 9.10. The van der Waals surface area contributed by atoms with Gasteiger partial charge in [0.25, 0.3) is 0 Å². The van der Waals surface area contributed by atoms with E-state index in [1.165, 1.54) is 12.1 Å². The van der Waals surface area contributed by atoms with E-state index in [-0.39, 0.29) is 10.0 Å². The Morgan fingerprint density at radius 1 is 1.20 bits per heavy atom. The number of nitrogens with two attached hydrogens (primary N) is 1. The third-order valence-corrected chi connectivity index (χ3v) is 4.19. The van der Waals surface area contributed by atoms with Crippen LogP contribution in [0.4, 0.5) is 4.39 Å². The van der Waals surface area contributed by atoms with Gasteiger partial charge in [0.15, 0.2) is 0 Å². The first-order valence-electron chi connectivity index (χ1n) is 5.30. The molecule has 20 heavy (non-hydrogen) atoms. The molecule has 0 aliphatic heterocycles. The van der Waals surface area contributed by atoms with Crippen LogP contribution >= 0.6 is 55.7 Å². The number of halogens is 4. The second-order valence-corrected chi connectivity index (χ2v) is 6.36. The number of benzene rings is 2. The van der Waals surface area contributed by atoms with Crippen LogP contribution in [0.1, 0.15) is 5.56 Å². The van der Waals surface area contributed by atoms with E-state index in [0.717, 1.165) is 0 Å². The van der Waals surface area contributed by atoms with Gasteiger partial charge in [0, 0.05) is 16.1 Å². The Hall–Kier alpha value is -0.690. The summed E-state index contributed by atoms with van der Waals surface area (Å²) in [5.74, 6) is 0.282. The summed E-state index contributed by atoms with van der Waals surface area (Å²) >= 11 is 17.2. The van der Waals surface area contributed by atoms with Crippen LogP contribution in [0.25, 0.3) is 0 Å². The second-order valence-electron chi connectivity index (χ2n) is 3.80. The van der Waals surface area contributed by atoms with Gasteiger partial charge in [-0.25, -0.2) is 4.39 Å². The van der Waals surface area contributed by atoms with Crippen molar-refractivity contribution in [2.75, 3.05) is 0 Å². The predicted octanol–water partition coefficient (Wildman–Crippen LogP) is 5.43. The molecule has 0 unspecified atom stereocenters. The van der Waals surface area contributed by atoms with Gasteiger partial charge in [-0.2, -0.15) is 0 Å². The van der Waals surface area contributed by atoms with Gasteiger partial charge in [0.05, 0.1) is 9.50 Å². The van der Waals surface area contributed by atoms with Crippen molar-refractivity contribution in [2.45, 2.75) is 0 Å². The lowest BCUT2D eigenvalue weighted by atomic mass is 10.2. The zero-order valence-corrected chi connectivity index (χ0v) is 14.5. The fourth-order valence-electron chi connectivity index (χ4n) is 1.47. The van der Waals surface area contributed by atoms with E-state index in [0.29, 0.717) is 26.0 Å². The van der Waals surface area contributed by atoms with Crippen LogP contribution in [0.3, 0.4) is 0 Å². The highest BCUT2D eigenvalue weighted by Gasteiger charge is 2.10. The highest BCUT2D eigenvalue weighted by Crippen LogP contribution is 2.35. The Morgan fingerprint density at radius 3 is 2.50 bits per heavy atom. The molecule has 0 spiro atoms. The van der Waals surface area contributed by atoms with Crippen molar-refractivity contribution < 1.29 is 9.13 Å². The number of hydrogen-bond acceptors (Lipinski definition) is 2. The molecule has 0 bridgehead atoms. The molecule has 0 amide bonds. The van der Waals surface area contributed by atoms with Crippen molar-refractivity contribution >= 4 is 60.7 Å². The molecule has 2 rings (SSSR count). The van der Waals surface area contributed by atoms with E-state index < -0.39 is 5.82 Å². The molecule has 104 valence electrons. The average molecular weight is 440 g/mol. The van der Waals surface area contributed by atoms with E-state index in [1.54, 1.807) is 18.2 Å². The van der Waals surface area contributed by atoms with Crippen molar-refractivity contribution in [1.29, 1.82) is 0 Å². The van der Waals surface area contributed by atoms with Crippen molar-refractivity contribution in [1.82, 2.24) is 0 Å². The van der Waals surface area contributed by atoms with E-state index >= 15 is 0 Å². The molecule has 0 aliphatic rings. The quantitative estimate of drug-likeness (QED) is 0.512. The van der Waals surface area contributed by atoms with Gasteiger partial charge in [-0.1, -0.05) is 23.8 Å². The number of thiocarbonyl (C=S) groups is 1. The van der Waals surface area contributed by atoms with Gasteiger partial charge in [0.2, 0.25) is 0 Å². The van der Waals surface area contributed by atoms with Crippen molar-refractivity contribution in [2.24, 2.45) is 5.73 Å². The number of hydrogen-bond donors (Lipinski definition) is 1. The molecular formula is C13H7Br2ClFNOS. The van der Waals surface area contributed by atoms with E-state index in [9.17, 15) is 4.39 Å². The van der Waals surface area contributed by atoms with Gasteiger partial charge in [-0.05, 0) is 56.1 Å². The summed E-state index contributed by atoms with van der Waals surface area (Å²) in [5, 5.41) is 0.0224. The van der Waals surface area contributed by atoms with Gasteiger partial charge < -0.3 is 10.5 Å². The van der Waals surface area contributed by atoms with Crippen molar-refractivity contribution in [3.05, 3.63) is 55.7 Å². The zero-order valence-electron chi connectivity index (χ0n) is 9.79. The number of ether oxygens (including phenoxy) is 1. The minimum atomic E-state index is -0.552. The van der Waals surface area contributed by atoms with E-state index in [4.69, 9.17) is 34.3 Å². The van der Waals surface area contributed by atoms with Gasteiger partial charge >= 0.3 is 0 Å². The molecule has 2 aromatic rings. The molecule has 0 saturated carbocycles. The van der Waals surface area contributed by atoms with Crippen LogP contribution in [-0.4, -0.2) is 4.99 Å². The highest BCUT2D eigenvalue weighted by atomic mass is 79.9. The van der Waals surface area contributed by atoms with Crippen LogP contribution in [0, 0.1) is 5.82 Å². The Labute approximate surface area is 142 Å². The minimum absolute atomic E-state index is 0.0224. The van der Waals surface area contributed by atoms with Crippen LogP contribution in [-0.2, 0) is 0 Å². The summed E-state index contributed by atoms with van der Waals surface area (Å²) in [4.78, 5) is 0.280. The lowest BCUT2D eigenvalue weighted by Gasteiger charge is -2.10. The summed E-state index contributed by atoms with van der Waals surface area (Å²) in [5.41, 5.74) is 6.27. The fraction of sp³-hybridized carbons (Fsp3) is 0. The largest absolute Gasteiger partial charge is 0.456 e. The molecule has 7 heteroatoms. The van der Waals surface area contributed by atoms with Gasteiger partial charge in [-0.15, -0.1) is 0 Å². The second kappa shape index (κ2) is 6.39. The lowest BCUT2D eigenvalue weighted by Crippen LogP contribution is -2.09. The molecule has 0 atom stereocenters. The van der Waals surface area contributed by atoms with Gasteiger partial charge in [0.1, 0.15) is 22.3 Å². The number of rotatable bonds is 3. The maximum Gasteiger partial charge on any atom is 0.145 e. The van der Waals surface area contributed by atoms with Crippen LogP contribution in [0.2, 0.25) is 5.02 Å². The first kappa shape index (κ1) is 15.7. The van der Waals surface area contributed by atoms with E-state index in [1.807, 2.05) is 0 Å². The third kappa shape index (κ3) is 3.49. The van der Waals surface area contributed by atoms with E-state index in [2.05, 4.69) is 31.9 Å². The molecule has 2 N–H and O–H groups in total. The minimum Gasteiger partial charge on any atom is -0.456 e. The molecule has 0 heterocycles. The van der Waals surface area contributed by atoms with Crippen LogP contribution in [0.15, 0.2) is 39.3 Å². The fourth-order valence-corrected chi connectivity index (χ4v) is 3.07. The molecule has 0 radical (unpaired) electrons.